The zero-order valence-corrected chi connectivity index (χ0v) is 13.7. The van der Waals surface area contributed by atoms with E-state index in [-0.39, 0.29) is 11.6 Å². The molecule has 0 aromatic heterocycles. The molecule has 0 unspecified atom stereocenters. The Labute approximate surface area is 131 Å². The number of anilines is 1. The van der Waals surface area contributed by atoms with Crippen LogP contribution in [0.25, 0.3) is 0 Å². The first-order valence-electron chi connectivity index (χ1n) is 6.22. The monoisotopic (exact) mass is 389 g/mol. The summed E-state index contributed by atoms with van der Waals surface area (Å²) in [7, 11) is 1.79. The highest BCUT2D eigenvalue weighted by Gasteiger charge is 2.40. The van der Waals surface area contributed by atoms with Gasteiger partial charge in [-0.3, -0.25) is 14.9 Å². The molecule has 108 valence electrons. The van der Waals surface area contributed by atoms with Gasteiger partial charge >= 0.3 is 0 Å². The molecule has 1 heterocycles. The number of nitrogens with zero attached hydrogens (tertiary/aromatic N) is 3. The summed E-state index contributed by atoms with van der Waals surface area (Å²) in [5, 5.41) is 10.9. The Bertz CT molecular complexity index is 574. The molecule has 1 amide bonds. The Morgan fingerprint density at radius 2 is 2.00 bits per heavy atom. The summed E-state index contributed by atoms with van der Waals surface area (Å²) in [5.74, 6) is 0.0529. The van der Waals surface area contributed by atoms with Gasteiger partial charge in [-0.25, -0.2) is 0 Å². The van der Waals surface area contributed by atoms with E-state index >= 15 is 0 Å². The predicted molar refractivity (Wildman–Crippen MR) is 84.9 cm³/mol. The van der Waals surface area contributed by atoms with Crippen molar-refractivity contribution in [2.24, 2.45) is 0 Å². The quantitative estimate of drug-likeness (QED) is 0.442. The van der Waals surface area contributed by atoms with E-state index in [4.69, 9.17) is 0 Å². The average molecular weight is 389 g/mol. The molecule has 0 N–H and O–H groups in total. The van der Waals surface area contributed by atoms with Gasteiger partial charge in [-0.05, 0) is 48.6 Å². The minimum absolute atomic E-state index is 0.0529. The Kier molecular flexibility index (Phi) is 3.90. The number of amides is 1. The van der Waals surface area contributed by atoms with E-state index in [9.17, 15) is 14.9 Å². The number of nitro benzene ring substituents is 1. The summed E-state index contributed by atoms with van der Waals surface area (Å²) in [6, 6.07) is 4.97. The number of rotatable bonds is 2. The van der Waals surface area contributed by atoms with Crippen LogP contribution in [0.3, 0.4) is 0 Å². The van der Waals surface area contributed by atoms with E-state index in [1.807, 2.05) is 41.3 Å². The number of carbonyl (C=O) groups excluding carboxylic acids is 1. The molecule has 0 atom stereocenters. The average Bonchev–Trinajstić information content (AvgIpc) is 2.35. The lowest BCUT2D eigenvalue weighted by molar-refractivity contribution is -0.385. The third-order valence-corrected chi connectivity index (χ3v) is 4.51. The SMILES string of the molecule is CN1CCN(c2ccc([N+](=O)[O-])c(I)c2)C(C)(C)C1=O. The summed E-state index contributed by atoms with van der Waals surface area (Å²) >= 11 is 1.95. The second-order valence-corrected chi connectivity index (χ2v) is 6.49. The fourth-order valence-electron chi connectivity index (χ4n) is 2.48. The smallest absolute Gasteiger partial charge is 0.282 e. The molecule has 1 saturated heterocycles. The molecular weight excluding hydrogens is 373 g/mol. The van der Waals surface area contributed by atoms with E-state index in [2.05, 4.69) is 0 Å². The maximum Gasteiger partial charge on any atom is 0.282 e. The van der Waals surface area contributed by atoms with Gasteiger partial charge in [0.2, 0.25) is 5.91 Å². The third kappa shape index (κ3) is 2.46. The zero-order chi connectivity index (χ0) is 15.1. The van der Waals surface area contributed by atoms with Gasteiger partial charge in [0.1, 0.15) is 5.54 Å². The number of hydrogen-bond donors (Lipinski definition) is 0. The third-order valence-electron chi connectivity index (χ3n) is 3.64. The van der Waals surface area contributed by atoms with Gasteiger partial charge in [0.05, 0.1) is 8.49 Å². The predicted octanol–water partition coefficient (Wildman–Crippen LogP) is 2.26. The molecule has 0 aliphatic carbocycles. The van der Waals surface area contributed by atoms with Gasteiger partial charge in [0, 0.05) is 31.9 Å². The molecule has 7 heteroatoms. The largest absolute Gasteiger partial charge is 0.356 e. The van der Waals surface area contributed by atoms with Crippen molar-refractivity contribution in [3.8, 4) is 0 Å². The molecule has 0 spiro atoms. The van der Waals surface area contributed by atoms with Crippen LogP contribution >= 0.6 is 22.6 Å². The van der Waals surface area contributed by atoms with Gasteiger partial charge in [0.15, 0.2) is 0 Å². The van der Waals surface area contributed by atoms with Gasteiger partial charge in [-0.15, -0.1) is 0 Å². The van der Waals surface area contributed by atoms with Crippen LogP contribution in [0.5, 0.6) is 0 Å². The summed E-state index contributed by atoms with van der Waals surface area (Å²) in [6.45, 7) is 5.11. The van der Waals surface area contributed by atoms with Crippen LogP contribution in [0, 0.1) is 13.7 Å². The van der Waals surface area contributed by atoms with Crippen molar-refractivity contribution in [1.29, 1.82) is 0 Å². The Morgan fingerprint density at radius 3 is 2.55 bits per heavy atom. The second-order valence-electron chi connectivity index (χ2n) is 5.33. The van der Waals surface area contributed by atoms with Crippen LogP contribution < -0.4 is 4.90 Å². The molecule has 20 heavy (non-hydrogen) atoms. The fraction of sp³-hybridized carbons (Fsp3) is 0.462. The minimum atomic E-state index is -0.647. The second kappa shape index (κ2) is 5.19. The molecule has 0 saturated carbocycles. The van der Waals surface area contributed by atoms with Crippen LogP contribution in [0.2, 0.25) is 0 Å². The number of carbonyl (C=O) groups is 1. The van der Waals surface area contributed by atoms with E-state index in [1.54, 1.807) is 24.1 Å². The topological polar surface area (TPSA) is 66.7 Å². The number of nitro groups is 1. The Morgan fingerprint density at radius 1 is 1.35 bits per heavy atom. The normalized spacial score (nSPS) is 18.3. The highest BCUT2D eigenvalue weighted by atomic mass is 127. The van der Waals surface area contributed by atoms with Crippen LogP contribution in [0.15, 0.2) is 18.2 Å². The van der Waals surface area contributed by atoms with Crippen molar-refractivity contribution in [3.05, 3.63) is 31.9 Å². The summed E-state index contributed by atoms with van der Waals surface area (Å²) in [4.78, 5) is 26.4. The van der Waals surface area contributed by atoms with Crippen LogP contribution in [0.4, 0.5) is 11.4 Å². The van der Waals surface area contributed by atoms with E-state index < -0.39 is 10.5 Å². The van der Waals surface area contributed by atoms with E-state index in [1.165, 1.54) is 6.07 Å². The van der Waals surface area contributed by atoms with Crippen molar-refractivity contribution in [2.45, 2.75) is 19.4 Å². The highest BCUT2D eigenvalue weighted by Crippen LogP contribution is 2.32. The molecule has 6 nitrogen and oxygen atoms in total. The van der Waals surface area contributed by atoms with Crippen LogP contribution in [-0.2, 0) is 4.79 Å². The molecule has 0 bridgehead atoms. The van der Waals surface area contributed by atoms with Gasteiger partial charge in [-0.2, -0.15) is 0 Å². The van der Waals surface area contributed by atoms with Gasteiger partial charge < -0.3 is 9.80 Å². The zero-order valence-electron chi connectivity index (χ0n) is 11.6. The maximum absolute atomic E-state index is 12.3. The first-order chi connectivity index (χ1) is 9.25. The lowest BCUT2D eigenvalue weighted by Crippen LogP contribution is -2.62. The van der Waals surface area contributed by atoms with Crippen molar-refractivity contribution in [1.82, 2.24) is 4.90 Å². The summed E-state index contributed by atoms with van der Waals surface area (Å²) < 4.78 is 0.576. The first-order valence-corrected chi connectivity index (χ1v) is 7.30. The minimum Gasteiger partial charge on any atom is -0.356 e. The van der Waals surface area contributed by atoms with Crippen LogP contribution in [0.1, 0.15) is 13.8 Å². The summed E-state index contributed by atoms with van der Waals surface area (Å²) in [5.41, 5.74) is 0.283. The molecule has 2 rings (SSSR count). The standard InChI is InChI=1S/C13H16IN3O3/c1-13(2)12(18)15(3)6-7-16(13)9-4-5-11(17(19)20)10(14)8-9/h4-5,8H,6-7H2,1-3H3. The number of piperazine rings is 1. The number of benzene rings is 1. The Hall–Kier alpha value is -1.38. The molecule has 1 fully saturated rings. The fourth-order valence-corrected chi connectivity index (χ4v) is 3.17. The highest BCUT2D eigenvalue weighted by molar-refractivity contribution is 14.1. The first kappa shape index (κ1) is 15.0. The van der Waals surface area contributed by atoms with Crippen molar-refractivity contribution < 1.29 is 9.72 Å². The van der Waals surface area contributed by atoms with Crippen molar-refractivity contribution >= 4 is 39.9 Å². The molecular formula is C13H16IN3O3. The van der Waals surface area contributed by atoms with E-state index in [0.29, 0.717) is 16.7 Å². The maximum atomic E-state index is 12.3. The molecule has 1 aliphatic rings. The van der Waals surface area contributed by atoms with E-state index in [0.717, 1.165) is 5.69 Å². The number of hydrogen-bond acceptors (Lipinski definition) is 4. The van der Waals surface area contributed by atoms with Gasteiger partial charge in [0.25, 0.3) is 5.69 Å². The lowest BCUT2D eigenvalue weighted by atomic mass is 9.97. The number of likely N-dealkylation sites (N-methyl/N-ethyl adjacent to an activating group) is 1. The molecule has 0 radical (unpaired) electrons. The van der Waals surface area contributed by atoms with Gasteiger partial charge in [-0.1, -0.05) is 0 Å². The van der Waals surface area contributed by atoms with Crippen molar-refractivity contribution in [3.63, 3.8) is 0 Å². The summed E-state index contributed by atoms with van der Waals surface area (Å²) in [6.07, 6.45) is 0. The Balaban J connectivity index is 2.39. The molecule has 1 aromatic rings. The lowest BCUT2D eigenvalue weighted by Gasteiger charge is -2.46. The molecule has 1 aliphatic heterocycles. The van der Waals surface area contributed by atoms with Crippen LogP contribution in [-0.4, -0.2) is 41.4 Å². The number of halogens is 1. The van der Waals surface area contributed by atoms with Crippen molar-refractivity contribution in [2.75, 3.05) is 25.0 Å². The molecule has 1 aromatic carbocycles.